The van der Waals surface area contributed by atoms with Crippen LogP contribution in [0.4, 0.5) is 5.69 Å². The van der Waals surface area contributed by atoms with Gasteiger partial charge in [-0.3, -0.25) is 4.79 Å². The number of halogens is 1. The first kappa shape index (κ1) is 19.1. The molecule has 0 aromatic heterocycles. The summed E-state index contributed by atoms with van der Waals surface area (Å²) >= 11 is 3.40. The molecule has 1 N–H and O–H groups in total. The Morgan fingerprint density at radius 3 is 2.55 bits per heavy atom. The van der Waals surface area contributed by atoms with Crippen molar-refractivity contribution in [2.45, 2.75) is 39.7 Å². The highest BCUT2D eigenvalue weighted by atomic mass is 79.9. The van der Waals surface area contributed by atoms with Crippen molar-refractivity contribution in [1.29, 1.82) is 0 Å². The first-order valence-corrected chi connectivity index (χ1v) is 9.82. The third-order valence-corrected chi connectivity index (χ3v) is 5.52. The summed E-state index contributed by atoms with van der Waals surface area (Å²) in [6.07, 6.45) is 2.00. The molecule has 0 saturated carbocycles. The fourth-order valence-corrected chi connectivity index (χ4v) is 3.88. The minimum atomic E-state index is -3.31. The molecule has 0 bridgehead atoms. The molecule has 0 aliphatic carbocycles. The number of carbonyl (C=O) groups is 1. The molecule has 5 nitrogen and oxygen atoms in total. The van der Waals surface area contributed by atoms with Crippen molar-refractivity contribution in [3.8, 4) is 0 Å². The normalized spacial score (nSPS) is 13.2. The van der Waals surface area contributed by atoms with Crippen LogP contribution in [0.5, 0.6) is 0 Å². The van der Waals surface area contributed by atoms with E-state index in [2.05, 4.69) is 21.2 Å². The van der Waals surface area contributed by atoms with E-state index in [0.29, 0.717) is 12.1 Å². The van der Waals surface area contributed by atoms with Crippen LogP contribution in [-0.2, 0) is 14.8 Å². The second-order valence-electron chi connectivity index (χ2n) is 5.41. The molecule has 0 aliphatic heterocycles. The smallest absolute Gasteiger partial charge is 0.225 e. The van der Waals surface area contributed by atoms with Crippen LogP contribution in [0.3, 0.4) is 0 Å². The zero-order valence-electron chi connectivity index (χ0n) is 13.4. The molecule has 1 amide bonds. The van der Waals surface area contributed by atoms with Crippen LogP contribution in [0.15, 0.2) is 22.7 Å². The highest BCUT2D eigenvalue weighted by molar-refractivity contribution is 9.10. The van der Waals surface area contributed by atoms with Crippen LogP contribution in [0.2, 0.25) is 0 Å². The summed E-state index contributed by atoms with van der Waals surface area (Å²) in [5, 5.41) is 2.79. The van der Waals surface area contributed by atoms with Gasteiger partial charge in [-0.15, -0.1) is 0 Å². The fraction of sp³-hybridized carbons (Fsp3) is 0.533. The number of hydrogen-bond donors (Lipinski definition) is 1. The maximum Gasteiger partial charge on any atom is 0.225 e. The van der Waals surface area contributed by atoms with E-state index in [1.807, 2.05) is 39.0 Å². The van der Waals surface area contributed by atoms with Crippen molar-refractivity contribution in [2.24, 2.45) is 0 Å². The van der Waals surface area contributed by atoms with Crippen molar-refractivity contribution in [1.82, 2.24) is 4.31 Å². The molecule has 7 heteroatoms. The predicted molar refractivity (Wildman–Crippen MR) is 93.4 cm³/mol. The predicted octanol–water partition coefficient (Wildman–Crippen LogP) is 3.15. The van der Waals surface area contributed by atoms with Gasteiger partial charge in [0, 0.05) is 23.5 Å². The van der Waals surface area contributed by atoms with Crippen molar-refractivity contribution >= 4 is 37.5 Å². The number of anilines is 1. The average Bonchev–Trinajstić information content (AvgIpc) is 2.40. The summed E-state index contributed by atoms with van der Waals surface area (Å²) in [5.41, 5.74) is 1.77. The quantitative estimate of drug-likeness (QED) is 0.777. The van der Waals surface area contributed by atoms with Crippen LogP contribution in [0.1, 0.15) is 32.3 Å². The third-order valence-electron chi connectivity index (χ3n) is 3.47. The first-order chi connectivity index (χ1) is 10.1. The van der Waals surface area contributed by atoms with E-state index in [1.54, 1.807) is 0 Å². The van der Waals surface area contributed by atoms with Gasteiger partial charge in [0.25, 0.3) is 0 Å². The van der Waals surface area contributed by atoms with Gasteiger partial charge in [0.1, 0.15) is 0 Å². The summed E-state index contributed by atoms with van der Waals surface area (Å²) in [6, 6.07) is 5.52. The maximum absolute atomic E-state index is 12.0. The van der Waals surface area contributed by atoms with Crippen LogP contribution in [-0.4, -0.2) is 37.5 Å². The van der Waals surface area contributed by atoms with Gasteiger partial charge < -0.3 is 5.32 Å². The van der Waals surface area contributed by atoms with E-state index >= 15 is 0 Å². The SMILES string of the molecule is CCC(C)N(CCC(=O)Nc1ccc(C)cc1Br)S(C)(=O)=O. The average molecular weight is 391 g/mol. The van der Waals surface area contributed by atoms with Crippen molar-refractivity contribution in [3.05, 3.63) is 28.2 Å². The van der Waals surface area contributed by atoms with E-state index in [-0.39, 0.29) is 24.9 Å². The molecular weight excluding hydrogens is 368 g/mol. The molecule has 0 spiro atoms. The Kier molecular flexibility index (Phi) is 7.02. The second kappa shape index (κ2) is 8.08. The number of carbonyl (C=O) groups excluding carboxylic acids is 1. The lowest BCUT2D eigenvalue weighted by Gasteiger charge is -2.25. The van der Waals surface area contributed by atoms with Gasteiger partial charge in [-0.25, -0.2) is 8.42 Å². The van der Waals surface area contributed by atoms with Crippen LogP contribution < -0.4 is 5.32 Å². The highest BCUT2D eigenvalue weighted by Crippen LogP contribution is 2.23. The Morgan fingerprint density at radius 2 is 2.05 bits per heavy atom. The highest BCUT2D eigenvalue weighted by Gasteiger charge is 2.22. The lowest BCUT2D eigenvalue weighted by Crippen LogP contribution is -2.39. The molecule has 0 fully saturated rings. The van der Waals surface area contributed by atoms with Gasteiger partial charge in [0.2, 0.25) is 15.9 Å². The monoisotopic (exact) mass is 390 g/mol. The molecule has 124 valence electrons. The van der Waals surface area contributed by atoms with Gasteiger partial charge in [-0.1, -0.05) is 13.0 Å². The topological polar surface area (TPSA) is 66.5 Å². The Hall–Kier alpha value is -0.920. The van der Waals surface area contributed by atoms with E-state index in [1.165, 1.54) is 10.6 Å². The van der Waals surface area contributed by atoms with Gasteiger partial charge >= 0.3 is 0 Å². The van der Waals surface area contributed by atoms with Gasteiger partial charge in [-0.2, -0.15) is 4.31 Å². The molecular formula is C15H23BrN2O3S. The molecule has 0 radical (unpaired) electrons. The van der Waals surface area contributed by atoms with Crippen molar-refractivity contribution < 1.29 is 13.2 Å². The lowest BCUT2D eigenvalue weighted by molar-refractivity contribution is -0.116. The second-order valence-corrected chi connectivity index (χ2v) is 8.20. The number of nitrogens with one attached hydrogen (secondary N) is 1. The minimum Gasteiger partial charge on any atom is -0.325 e. The molecule has 0 saturated heterocycles. The van der Waals surface area contributed by atoms with E-state index < -0.39 is 10.0 Å². The standard InChI is InChI=1S/C15H23BrN2O3S/c1-5-12(3)18(22(4,20)21)9-8-15(19)17-14-7-6-11(2)10-13(14)16/h6-7,10,12H,5,8-9H2,1-4H3,(H,17,19). The van der Waals surface area contributed by atoms with E-state index in [9.17, 15) is 13.2 Å². The lowest BCUT2D eigenvalue weighted by atomic mass is 10.2. The Morgan fingerprint density at radius 1 is 1.41 bits per heavy atom. The maximum atomic E-state index is 12.0. The molecule has 1 aromatic rings. The number of benzene rings is 1. The summed E-state index contributed by atoms with van der Waals surface area (Å²) in [5.74, 6) is -0.207. The number of amides is 1. The summed E-state index contributed by atoms with van der Waals surface area (Å²) < 4.78 is 25.7. The van der Waals surface area contributed by atoms with Crippen LogP contribution in [0.25, 0.3) is 0 Å². The Bertz CT molecular complexity index is 632. The molecule has 1 aromatic carbocycles. The van der Waals surface area contributed by atoms with E-state index in [4.69, 9.17) is 0 Å². The Balaban J connectivity index is 2.68. The molecule has 1 rings (SSSR count). The molecule has 0 heterocycles. The van der Waals surface area contributed by atoms with Gasteiger partial charge in [-0.05, 0) is 53.9 Å². The molecule has 0 aliphatic rings. The third kappa shape index (κ3) is 5.70. The fourth-order valence-electron chi connectivity index (χ4n) is 2.06. The largest absolute Gasteiger partial charge is 0.325 e. The number of hydrogen-bond acceptors (Lipinski definition) is 3. The summed E-state index contributed by atoms with van der Waals surface area (Å²) in [4.78, 5) is 12.0. The van der Waals surface area contributed by atoms with Crippen LogP contribution >= 0.6 is 15.9 Å². The molecule has 1 atom stereocenters. The van der Waals surface area contributed by atoms with Crippen molar-refractivity contribution in [2.75, 3.05) is 18.1 Å². The van der Waals surface area contributed by atoms with Gasteiger partial charge in [0.05, 0.1) is 11.9 Å². The molecule has 1 unspecified atom stereocenters. The van der Waals surface area contributed by atoms with Crippen LogP contribution in [0, 0.1) is 6.92 Å². The summed E-state index contributed by atoms with van der Waals surface area (Å²) in [6.45, 7) is 5.91. The summed E-state index contributed by atoms with van der Waals surface area (Å²) in [7, 11) is -3.31. The zero-order chi connectivity index (χ0) is 16.9. The van der Waals surface area contributed by atoms with E-state index in [0.717, 1.165) is 10.0 Å². The minimum absolute atomic E-state index is 0.117. The molecule has 22 heavy (non-hydrogen) atoms. The Labute approximate surface area is 141 Å². The van der Waals surface area contributed by atoms with Crippen molar-refractivity contribution in [3.63, 3.8) is 0 Å². The number of sulfonamides is 1. The number of nitrogens with zero attached hydrogens (tertiary/aromatic N) is 1. The zero-order valence-corrected chi connectivity index (χ0v) is 15.8. The number of aryl methyl sites for hydroxylation is 1. The van der Waals surface area contributed by atoms with Gasteiger partial charge in [0.15, 0.2) is 0 Å². The number of rotatable bonds is 7. The first-order valence-electron chi connectivity index (χ1n) is 7.18.